The van der Waals surface area contributed by atoms with E-state index < -0.39 is 0 Å². The van der Waals surface area contributed by atoms with E-state index in [9.17, 15) is 0 Å². The van der Waals surface area contributed by atoms with Crippen LogP contribution in [-0.2, 0) is 4.87 Å². The Morgan fingerprint density at radius 1 is 0.952 bits per heavy atom. The van der Waals surface area contributed by atoms with Crippen LogP contribution in [0.25, 0.3) is 0 Å². The van der Waals surface area contributed by atoms with Gasteiger partial charge in [-0.25, -0.2) is 0 Å². The highest BCUT2D eigenvalue weighted by atomic mass is 35.5. The summed E-state index contributed by atoms with van der Waals surface area (Å²) in [6, 6.07) is 12.4. The number of rotatable bonds is 1. The van der Waals surface area contributed by atoms with Gasteiger partial charge in [0.2, 0.25) is 0 Å². The highest BCUT2D eigenvalue weighted by molar-refractivity contribution is 6.24. The Bertz CT molecular complexity index is 488. The van der Waals surface area contributed by atoms with Crippen LogP contribution in [0.15, 0.2) is 30.3 Å². The summed E-state index contributed by atoms with van der Waals surface area (Å²) >= 11 is 7.37. The van der Waals surface area contributed by atoms with E-state index in [1.807, 2.05) is 0 Å². The monoisotopic (exact) mass is 303 g/mol. The van der Waals surface area contributed by atoms with Crippen LogP contribution in [0.4, 0.5) is 0 Å². The van der Waals surface area contributed by atoms with E-state index in [1.165, 1.54) is 57.1 Å². The predicted octanol–water partition coefficient (Wildman–Crippen LogP) is 4.94. The predicted molar refractivity (Wildman–Crippen MR) is 88.7 cm³/mol. The first-order valence-corrected chi connectivity index (χ1v) is 9.17. The van der Waals surface area contributed by atoms with Crippen molar-refractivity contribution in [3.8, 4) is 0 Å². The zero-order valence-electron chi connectivity index (χ0n) is 12.8. The second-order valence-corrected chi connectivity index (χ2v) is 7.95. The van der Waals surface area contributed by atoms with Crippen molar-refractivity contribution in [2.75, 3.05) is 6.54 Å². The van der Waals surface area contributed by atoms with Gasteiger partial charge in [-0.2, -0.15) is 0 Å². The van der Waals surface area contributed by atoms with Crippen molar-refractivity contribution in [2.24, 2.45) is 5.92 Å². The number of hydrogen-bond donors (Lipinski definition) is 0. The third kappa shape index (κ3) is 2.33. The summed E-state index contributed by atoms with van der Waals surface area (Å²) < 4.78 is 0. The van der Waals surface area contributed by atoms with E-state index in [-0.39, 0.29) is 4.87 Å². The molecule has 114 valence electrons. The highest BCUT2D eigenvalue weighted by Crippen LogP contribution is 2.54. The van der Waals surface area contributed by atoms with Crippen LogP contribution >= 0.6 is 11.6 Å². The van der Waals surface area contributed by atoms with Gasteiger partial charge in [0.1, 0.15) is 0 Å². The maximum absolute atomic E-state index is 7.37. The van der Waals surface area contributed by atoms with Gasteiger partial charge in [-0.15, -0.1) is 11.6 Å². The highest BCUT2D eigenvalue weighted by Gasteiger charge is 2.52. The second-order valence-electron chi connectivity index (χ2n) is 7.28. The van der Waals surface area contributed by atoms with Crippen molar-refractivity contribution in [1.82, 2.24) is 4.90 Å². The van der Waals surface area contributed by atoms with Gasteiger partial charge in [-0.3, -0.25) is 4.90 Å². The Labute approximate surface area is 133 Å². The molecule has 2 aliphatic heterocycles. The molecule has 1 aromatic rings. The van der Waals surface area contributed by atoms with Crippen molar-refractivity contribution in [1.29, 1.82) is 0 Å². The number of hydrogen-bond acceptors (Lipinski definition) is 1. The Morgan fingerprint density at radius 3 is 2.57 bits per heavy atom. The van der Waals surface area contributed by atoms with Gasteiger partial charge in [0.25, 0.3) is 0 Å². The molecule has 4 rings (SSSR count). The Hall–Kier alpha value is -0.530. The van der Waals surface area contributed by atoms with E-state index in [1.54, 1.807) is 0 Å². The summed E-state index contributed by atoms with van der Waals surface area (Å²) in [6.07, 6.45) is 10.7. The first-order chi connectivity index (χ1) is 10.3. The van der Waals surface area contributed by atoms with Crippen molar-refractivity contribution in [2.45, 2.75) is 68.3 Å². The molecule has 0 amide bonds. The Kier molecular flexibility index (Phi) is 3.75. The molecule has 21 heavy (non-hydrogen) atoms. The first-order valence-electron chi connectivity index (χ1n) is 8.79. The summed E-state index contributed by atoms with van der Waals surface area (Å²) in [7, 11) is 0. The summed E-state index contributed by atoms with van der Waals surface area (Å²) in [6.45, 7) is 1.31. The molecule has 0 N–H and O–H groups in total. The fourth-order valence-corrected chi connectivity index (χ4v) is 5.82. The lowest BCUT2D eigenvalue weighted by Gasteiger charge is -2.57. The second kappa shape index (κ2) is 5.59. The summed E-state index contributed by atoms with van der Waals surface area (Å²) in [5.41, 5.74) is 1.37. The molecule has 3 aliphatic rings. The Balaban J connectivity index is 1.72. The molecule has 0 radical (unpaired) electrons. The molecule has 1 aliphatic carbocycles. The van der Waals surface area contributed by atoms with E-state index in [0.717, 1.165) is 18.5 Å². The first kappa shape index (κ1) is 14.1. The normalized spacial score (nSPS) is 40.3. The Morgan fingerprint density at radius 2 is 1.71 bits per heavy atom. The average molecular weight is 304 g/mol. The third-order valence-electron chi connectivity index (χ3n) is 6.20. The third-order valence-corrected chi connectivity index (χ3v) is 6.86. The smallest absolute Gasteiger partial charge is 0.0752 e. The number of piperidine rings is 2. The largest absolute Gasteiger partial charge is 0.297 e. The minimum absolute atomic E-state index is 0.120. The van der Waals surface area contributed by atoms with E-state index in [4.69, 9.17) is 11.6 Å². The molecule has 0 unspecified atom stereocenters. The van der Waals surface area contributed by atoms with Crippen molar-refractivity contribution in [3.05, 3.63) is 35.9 Å². The van der Waals surface area contributed by atoms with Crippen LogP contribution in [0.2, 0.25) is 0 Å². The number of nitrogens with zero attached hydrogens (tertiary/aromatic N) is 1. The molecule has 2 heteroatoms. The molecular formula is C19H26ClN. The van der Waals surface area contributed by atoms with E-state index in [0.29, 0.717) is 5.92 Å². The fraction of sp³-hybridized carbons (Fsp3) is 0.684. The summed E-state index contributed by atoms with van der Waals surface area (Å²) in [5.74, 6) is 0.643. The van der Waals surface area contributed by atoms with Gasteiger partial charge in [-0.05, 0) is 50.1 Å². The van der Waals surface area contributed by atoms with Crippen molar-refractivity contribution >= 4 is 11.6 Å². The SMILES string of the molecule is Cl[C@]1(c2ccccc2)C[C@@H]2CCCCN2[C@@H]2CCCC[C@@H]21. The van der Waals surface area contributed by atoms with E-state index in [2.05, 4.69) is 35.2 Å². The lowest BCUT2D eigenvalue weighted by atomic mass is 9.65. The molecule has 1 aromatic carbocycles. The van der Waals surface area contributed by atoms with Gasteiger partial charge < -0.3 is 0 Å². The zero-order chi connectivity index (χ0) is 14.3. The van der Waals surface area contributed by atoms with Gasteiger partial charge in [-0.1, -0.05) is 49.6 Å². The minimum atomic E-state index is -0.120. The summed E-state index contributed by atoms with van der Waals surface area (Å²) in [4.78, 5) is 2.72. The van der Waals surface area contributed by atoms with Gasteiger partial charge in [0.05, 0.1) is 4.87 Å². The minimum Gasteiger partial charge on any atom is -0.297 e. The average Bonchev–Trinajstić information content (AvgIpc) is 2.56. The number of halogens is 1. The van der Waals surface area contributed by atoms with Crippen LogP contribution in [0.5, 0.6) is 0 Å². The molecule has 2 heterocycles. The molecule has 1 saturated carbocycles. The maximum Gasteiger partial charge on any atom is 0.0752 e. The number of alkyl halides is 1. The molecule has 3 fully saturated rings. The van der Waals surface area contributed by atoms with Crippen LogP contribution in [0.1, 0.15) is 56.9 Å². The molecule has 0 spiro atoms. The molecule has 2 saturated heterocycles. The van der Waals surface area contributed by atoms with Gasteiger partial charge in [0.15, 0.2) is 0 Å². The van der Waals surface area contributed by atoms with Crippen LogP contribution in [-0.4, -0.2) is 23.5 Å². The lowest BCUT2D eigenvalue weighted by Crippen LogP contribution is -2.60. The van der Waals surface area contributed by atoms with Crippen LogP contribution < -0.4 is 0 Å². The summed E-state index contributed by atoms with van der Waals surface area (Å²) in [5, 5.41) is 0. The quantitative estimate of drug-likeness (QED) is 0.664. The number of benzene rings is 1. The fourth-order valence-electron chi connectivity index (χ4n) is 5.26. The molecule has 0 bridgehead atoms. The van der Waals surface area contributed by atoms with E-state index >= 15 is 0 Å². The van der Waals surface area contributed by atoms with Gasteiger partial charge in [0, 0.05) is 12.1 Å². The topological polar surface area (TPSA) is 3.24 Å². The van der Waals surface area contributed by atoms with Crippen molar-refractivity contribution in [3.63, 3.8) is 0 Å². The molecule has 4 atom stereocenters. The van der Waals surface area contributed by atoms with Crippen LogP contribution in [0.3, 0.4) is 0 Å². The standard InChI is InChI=1S/C19H26ClN/c20-19(15-8-2-1-3-9-15)14-16-10-6-7-13-21(16)18-12-5-4-11-17(18)19/h1-3,8-9,16-18H,4-7,10-14H2/t16-,17-,18+,19-/m0/s1. The maximum atomic E-state index is 7.37. The van der Waals surface area contributed by atoms with Gasteiger partial charge >= 0.3 is 0 Å². The van der Waals surface area contributed by atoms with Crippen LogP contribution in [0, 0.1) is 5.92 Å². The number of fused-ring (bicyclic) bond motifs is 3. The molecular weight excluding hydrogens is 278 g/mol. The molecule has 1 nitrogen and oxygen atoms in total. The lowest BCUT2D eigenvalue weighted by molar-refractivity contribution is -0.0301. The molecule has 0 aromatic heterocycles. The zero-order valence-corrected chi connectivity index (χ0v) is 13.6. The van der Waals surface area contributed by atoms with Crippen molar-refractivity contribution < 1.29 is 0 Å².